The minimum Gasteiger partial charge on any atom is -0.497 e. The molecule has 3 heterocycles. The SMILES string of the molecule is COc1ccc(-c2ccnc3c2c(C)nn3CC(=O)NCCN2CCOCC2)cc1. The highest BCUT2D eigenvalue weighted by Crippen LogP contribution is 2.30. The summed E-state index contributed by atoms with van der Waals surface area (Å²) in [5, 5.41) is 8.54. The van der Waals surface area contributed by atoms with Gasteiger partial charge < -0.3 is 14.8 Å². The third kappa shape index (κ3) is 4.44. The van der Waals surface area contributed by atoms with Gasteiger partial charge in [-0.05, 0) is 36.2 Å². The number of fused-ring (bicyclic) bond motifs is 1. The van der Waals surface area contributed by atoms with Crippen LogP contribution in [0.25, 0.3) is 22.2 Å². The van der Waals surface area contributed by atoms with Gasteiger partial charge in [0.05, 0.1) is 26.0 Å². The summed E-state index contributed by atoms with van der Waals surface area (Å²) in [5.41, 5.74) is 3.66. The van der Waals surface area contributed by atoms with Gasteiger partial charge in [0.25, 0.3) is 0 Å². The Hall–Kier alpha value is -2.97. The molecule has 4 rings (SSSR count). The van der Waals surface area contributed by atoms with E-state index in [1.807, 2.05) is 37.3 Å². The van der Waals surface area contributed by atoms with E-state index < -0.39 is 0 Å². The summed E-state index contributed by atoms with van der Waals surface area (Å²) in [6.07, 6.45) is 1.76. The van der Waals surface area contributed by atoms with Crippen molar-refractivity contribution in [3.8, 4) is 16.9 Å². The Labute approximate surface area is 175 Å². The van der Waals surface area contributed by atoms with E-state index in [1.165, 1.54) is 0 Å². The standard InChI is InChI=1S/C22H27N5O3/c1-16-21-19(17-3-5-18(29-2)6-4-17)7-8-24-22(21)27(25-16)15-20(28)23-9-10-26-11-13-30-14-12-26/h3-8H,9-15H2,1-2H3,(H,23,28). The molecule has 0 aliphatic carbocycles. The van der Waals surface area contributed by atoms with Gasteiger partial charge in [-0.1, -0.05) is 12.1 Å². The number of amides is 1. The van der Waals surface area contributed by atoms with E-state index in [9.17, 15) is 4.79 Å². The molecule has 1 saturated heterocycles. The van der Waals surface area contributed by atoms with E-state index in [4.69, 9.17) is 9.47 Å². The van der Waals surface area contributed by atoms with Crippen LogP contribution in [-0.2, 0) is 16.1 Å². The Morgan fingerprint density at radius 2 is 1.97 bits per heavy atom. The third-order valence-electron chi connectivity index (χ3n) is 5.36. The van der Waals surface area contributed by atoms with Crippen molar-refractivity contribution >= 4 is 16.9 Å². The molecule has 1 amide bonds. The Balaban J connectivity index is 1.47. The number of pyridine rings is 1. The average molecular weight is 409 g/mol. The number of hydrogen-bond donors (Lipinski definition) is 1. The number of carbonyl (C=O) groups is 1. The molecule has 30 heavy (non-hydrogen) atoms. The summed E-state index contributed by atoms with van der Waals surface area (Å²) in [6.45, 7) is 6.88. The molecule has 158 valence electrons. The second-order valence-electron chi connectivity index (χ2n) is 7.33. The maximum absolute atomic E-state index is 12.5. The molecule has 0 atom stereocenters. The summed E-state index contributed by atoms with van der Waals surface area (Å²) < 4.78 is 12.3. The minimum atomic E-state index is -0.0655. The lowest BCUT2D eigenvalue weighted by Gasteiger charge is -2.26. The highest BCUT2D eigenvalue weighted by Gasteiger charge is 2.16. The number of aromatic nitrogens is 3. The zero-order valence-corrected chi connectivity index (χ0v) is 17.4. The number of aryl methyl sites for hydroxylation is 1. The van der Waals surface area contributed by atoms with Crippen LogP contribution in [0.4, 0.5) is 0 Å². The Morgan fingerprint density at radius 3 is 2.70 bits per heavy atom. The quantitative estimate of drug-likeness (QED) is 0.642. The molecule has 0 saturated carbocycles. The molecule has 1 fully saturated rings. The zero-order valence-electron chi connectivity index (χ0n) is 17.4. The lowest BCUT2D eigenvalue weighted by Crippen LogP contribution is -2.41. The monoisotopic (exact) mass is 409 g/mol. The highest BCUT2D eigenvalue weighted by atomic mass is 16.5. The van der Waals surface area contributed by atoms with Crippen LogP contribution < -0.4 is 10.1 Å². The fourth-order valence-corrected chi connectivity index (χ4v) is 3.77. The summed E-state index contributed by atoms with van der Waals surface area (Å²) >= 11 is 0. The van der Waals surface area contributed by atoms with E-state index in [1.54, 1.807) is 18.0 Å². The maximum Gasteiger partial charge on any atom is 0.241 e. The zero-order chi connectivity index (χ0) is 20.9. The summed E-state index contributed by atoms with van der Waals surface area (Å²) in [4.78, 5) is 19.3. The number of benzene rings is 1. The lowest BCUT2D eigenvalue weighted by molar-refractivity contribution is -0.121. The first kappa shape index (κ1) is 20.3. The van der Waals surface area contributed by atoms with E-state index in [2.05, 4.69) is 20.3 Å². The molecule has 8 heteroatoms. The van der Waals surface area contributed by atoms with Gasteiger partial charge in [0, 0.05) is 37.8 Å². The second kappa shape index (κ2) is 9.23. The van der Waals surface area contributed by atoms with Gasteiger partial charge in [0.15, 0.2) is 5.65 Å². The molecule has 1 aromatic carbocycles. The van der Waals surface area contributed by atoms with Gasteiger partial charge in [-0.15, -0.1) is 0 Å². The van der Waals surface area contributed by atoms with Crippen molar-refractivity contribution < 1.29 is 14.3 Å². The van der Waals surface area contributed by atoms with Gasteiger partial charge in [-0.2, -0.15) is 5.10 Å². The number of rotatable bonds is 7. The summed E-state index contributed by atoms with van der Waals surface area (Å²) in [7, 11) is 1.65. The van der Waals surface area contributed by atoms with Crippen LogP contribution in [0.1, 0.15) is 5.69 Å². The minimum absolute atomic E-state index is 0.0655. The first-order valence-corrected chi connectivity index (χ1v) is 10.2. The van der Waals surface area contributed by atoms with Crippen molar-refractivity contribution in [2.24, 2.45) is 0 Å². The van der Waals surface area contributed by atoms with Crippen molar-refractivity contribution in [1.29, 1.82) is 0 Å². The predicted molar refractivity (Wildman–Crippen MR) is 115 cm³/mol. The molecule has 1 aliphatic rings. The average Bonchev–Trinajstić information content (AvgIpc) is 3.10. The smallest absolute Gasteiger partial charge is 0.241 e. The Kier molecular flexibility index (Phi) is 6.25. The topological polar surface area (TPSA) is 81.5 Å². The van der Waals surface area contributed by atoms with Crippen LogP contribution >= 0.6 is 0 Å². The summed E-state index contributed by atoms with van der Waals surface area (Å²) in [6, 6.07) is 9.88. The van der Waals surface area contributed by atoms with Crippen LogP contribution in [0.3, 0.4) is 0 Å². The van der Waals surface area contributed by atoms with E-state index >= 15 is 0 Å². The van der Waals surface area contributed by atoms with Crippen molar-refractivity contribution in [3.63, 3.8) is 0 Å². The van der Waals surface area contributed by atoms with Gasteiger partial charge in [-0.25, -0.2) is 9.67 Å². The number of methoxy groups -OCH3 is 1. The van der Waals surface area contributed by atoms with Gasteiger partial charge in [-0.3, -0.25) is 9.69 Å². The van der Waals surface area contributed by atoms with Crippen molar-refractivity contribution in [2.75, 3.05) is 46.5 Å². The third-order valence-corrected chi connectivity index (χ3v) is 5.36. The molecule has 0 radical (unpaired) electrons. The number of nitrogens with one attached hydrogen (secondary N) is 1. The number of nitrogens with zero attached hydrogens (tertiary/aromatic N) is 4. The number of ether oxygens (including phenoxy) is 2. The fraction of sp³-hybridized carbons (Fsp3) is 0.409. The molecule has 2 aromatic heterocycles. The molecule has 0 bridgehead atoms. The molecular weight excluding hydrogens is 382 g/mol. The molecular formula is C22H27N5O3. The molecule has 1 N–H and O–H groups in total. The molecule has 0 spiro atoms. The van der Waals surface area contributed by atoms with Crippen LogP contribution in [0.5, 0.6) is 5.75 Å². The Morgan fingerprint density at radius 1 is 1.20 bits per heavy atom. The largest absolute Gasteiger partial charge is 0.497 e. The molecule has 3 aromatic rings. The fourth-order valence-electron chi connectivity index (χ4n) is 3.77. The first-order chi connectivity index (χ1) is 14.7. The van der Waals surface area contributed by atoms with Gasteiger partial charge >= 0.3 is 0 Å². The first-order valence-electron chi connectivity index (χ1n) is 10.2. The van der Waals surface area contributed by atoms with Crippen molar-refractivity contribution in [2.45, 2.75) is 13.5 Å². The molecule has 8 nitrogen and oxygen atoms in total. The lowest BCUT2D eigenvalue weighted by atomic mass is 10.0. The molecule has 0 unspecified atom stereocenters. The predicted octanol–water partition coefficient (Wildman–Crippen LogP) is 1.86. The van der Waals surface area contributed by atoms with Gasteiger partial charge in [0.1, 0.15) is 12.3 Å². The number of hydrogen-bond acceptors (Lipinski definition) is 6. The Bertz CT molecular complexity index is 1010. The van der Waals surface area contributed by atoms with Crippen LogP contribution in [0.15, 0.2) is 36.5 Å². The van der Waals surface area contributed by atoms with Crippen molar-refractivity contribution in [3.05, 3.63) is 42.2 Å². The van der Waals surface area contributed by atoms with Crippen LogP contribution in [0, 0.1) is 6.92 Å². The van der Waals surface area contributed by atoms with Crippen LogP contribution in [0.2, 0.25) is 0 Å². The maximum atomic E-state index is 12.5. The summed E-state index contributed by atoms with van der Waals surface area (Å²) in [5.74, 6) is 0.745. The van der Waals surface area contributed by atoms with E-state index in [0.717, 1.165) is 60.8 Å². The van der Waals surface area contributed by atoms with E-state index in [-0.39, 0.29) is 12.5 Å². The number of carbonyl (C=O) groups excluding carboxylic acids is 1. The van der Waals surface area contributed by atoms with E-state index in [0.29, 0.717) is 12.2 Å². The normalized spacial score (nSPS) is 14.7. The molecule has 1 aliphatic heterocycles. The number of morpholine rings is 1. The second-order valence-corrected chi connectivity index (χ2v) is 7.33. The highest BCUT2D eigenvalue weighted by molar-refractivity contribution is 5.95. The van der Waals surface area contributed by atoms with Gasteiger partial charge in [0.2, 0.25) is 5.91 Å². The van der Waals surface area contributed by atoms with Crippen LogP contribution in [-0.4, -0.2) is 72.1 Å². The van der Waals surface area contributed by atoms with Crippen molar-refractivity contribution in [1.82, 2.24) is 25.0 Å².